The summed E-state index contributed by atoms with van der Waals surface area (Å²) in [5.74, 6) is 0.969. The van der Waals surface area contributed by atoms with Crippen molar-refractivity contribution in [1.29, 1.82) is 0 Å². The van der Waals surface area contributed by atoms with Crippen LogP contribution in [0, 0.1) is 0 Å². The maximum atomic E-state index is 5.19. The minimum atomic E-state index is 0.969. The van der Waals surface area contributed by atoms with Gasteiger partial charge in [0.2, 0.25) is 0 Å². The van der Waals surface area contributed by atoms with Crippen molar-refractivity contribution in [2.45, 2.75) is 20.0 Å². The molecule has 2 nitrogen and oxygen atoms in total. The molecule has 0 aromatic heterocycles. The summed E-state index contributed by atoms with van der Waals surface area (Å²) in [7, 11) is 1.72. The Morgan fingerprint density at radius 1 is 1.31 bits per heavy atom. The van der Waals surface area contributed by atoms with E-state index in [2.05, 4.69) is 24.0 Å². The summed E-state index contributed by atoms with van der Waals surface area (Å²) in [5, 5.41) is 0. The Bertz CT molecular complexity index is 309. The quantitative estimate of drug-likeness (QED) is 0.685. The van der Waals surface area contributed by atoms with Crippen molar-refractivity contribution in [3.8, 4) is 5.75 Å². The van der Waals surface area contributed by atoms with Crippen LogP contribution in [-0.2, 0) is 13.1 Å². The monoisotopic (exact) mass is 177 g/mol. The van der Waals surface area contributed by atoms with Crippen LogP contribution in [0.25, 0.3) is 0 Å². The van der Waals surface area contributed by atoms with E-state index < -0.39 is 0 Å². The molecule has 0 spiro atoms. The summed E-state index contributed by atoms with van der Waals surface area (Å²) in [6, 6.07) is 6.35. The van der Waals surface area contributed by atoms with Crippen LogP contribution in [0.4, 0.5) is 0 Å². The van der Waals surface area contributed by atoms with Gasteiger partial charge in [0, 0.05) is 13.1 Å². The van der Waals surface area contributed by atoms with Gasteiger partial charge in [0.05, 0.1) is 7.11 Å². The van der Waals surface area contributed by atoms with Gasteiger partial charge in [0.1, 0.15) is 5.75 Å². The van der Waals surface area contributed by atoms with Crippen LogP contribution in [0.2, 0.25) is 0 Å². The maximum absolute atomic E-state index is 5.19. The molecule has 1 aromatic rings. The zero-order valence-corrected chi connectivity index (χ0v) is 8.21. The second kappa shape index (κ2) is 3.38. The molecule has 1 heterocycles. The Labute approximate surface area is 79.1 Å². The van der Waals surface area contributed by atoms with E-state index in [4.69, 9.17) is 4.74 Å². The molecule has 0 N–H and O–H groups in total. The minimum Gasteiger partial charge on any atom is -0.497 e. The summed E-state index contributed by atoms with van der Waals surface area (Å²) in [6.07, 6.45) is 0. The van der Waals surface area contributed by atoms with Crippen molar-refractivity contribution >= 4 is 0 Å². The molecule has 0 saturated carbocycles. The van der Waals surface area contributed by atoms with Gasteiger partial charge in [-0.2, -0.15) is 0 Å². The number of methoxy groups -OCH3 is 1. The number of rotatable bonds is 2. The SMILES string of the molecule is CCN1Cc2ccc(OC)cc2C1. The van der Waals surface area contributed by atoms with E-state index in [9.17, 15) is 0 Å². The second-order valence-corrected chi connectivity index (χ2v) is 3.44. The minimum absolute atomic E-state index is 0.969. The molecule has 0 bridgehead atoms. The van der Waals surface area contributed by atoms with Gasteiger partial charge in [-0.1, -0.05) is 13.0 Å². The van der Waals surface area contributed by atoms with Crippen molar-refractivity contribution in [2.24, 2.45) is 0 Å². The third-order valence-electron chi connectivity index (χ3n) is 2.65. The van der Waals surface area contributed by atoms with Crippen LogP contribution < -0.4 is 4.74 Å². The largest absolute Gasteiger partial charge is 0.497 e. The van der Waals surface area contributed by atoms with Gasteiger partial charge in [-0.15, -0.1) is 0 Å². The molecular formula is C11H15NO. The van der Waals surface area contributed by atoms with Crippen LogP contribution >= 0.6 is 0 Å². The molecule has 2 heteroatoms. The lowest BCUT2D eigenvalue weighted by atomic mass is 10.1. The lowest BCUT2D eigenvalue weighted by molar-refractivity contribution is 0.300. The van der Waals surface area contributed by atoms with Crippen LogP contribution in [-0.4, -0.2) is 18.6 Å². The molecular weight excluding hydrogens is 162 g/mol. The third-order valence-corrected chi connectivity index (χ3v) is 2.65. The number of fused-ring (bicyclic) bond motifs is 1. The van der Waals surface area contributed by atoms with Gasteiger partial charge in [-0.25, -0.2) is 0 Å². The molecule has 0 saturated heterocycles. The molecule has 0 fully saturated rings. The summed E-state index contributed by atoms with van der Waals surface area (Å²) < 4.78 is 5.19. The van der Waals surface area contributed by atoms with Crippen LogP contribution in [0.1, 0.15) is 18.1 Å². The van der Waals surface area contributed by atoms with E-state index >= 15 is 0 Å². The van der Waals surface area contributed by atoms with Crippen molar-refractivity contribution in [3.05, 3.63) is 29.3 Å². The fourth-order valence-corrected chi connectivity index (χ4v) is 1.79. The Hall–Kier alpha value is -1.02. The van der Waals surface area contributed by atoms with Crippen molar-refractivity contribution in [1.82, 2.24) is 4.90 Å². The first-order valence-corrected chi connectivity index (χ1v) is 4.71. The Morgan fingerprint density at radius 3 is 2.77 bits per heavy atom. The molecule has 1 aliphatic heterocycles. The van der Waals surface area contributed by atoms with Crippen molar-refractivity contribution < 1.29 is 4.74 Å². The van der Waals surface area contributed by atoms with Crippen molar-refractivity contribution in [2.75, 3.05) is 13.7 Å². The second-order valence-electron chi connectivity index (χ2n) is 3.44. The third kappa shape index (κ3) is 1.54. The van der Waals surface area contributed by atoms with Gasteiger partial charge in [-0.3, -0.25) is 4.90 Å². The van der Waals surface area contributed by atoms with E-state index in [0.29, 0.717) is 0 Å². The van der Waals surface area contributed by atoms with Crippen molar-refractivity contribution in [3.63, 3.8) is 0 Å². The predicted octanol–water partition coefficient (Wildman–Crippen LogP) is 2.03. The highest BCUT2D eigenvalue weighted by Crippen LogP contribution is 2.25. The lowest BCUT2D eigenvalue weighted by Gasteiger charge is -2.09. The van der Waals surface area contributed by atoms with Crippen LogP contribution in [0.15, 0.2) is 18.2 Å². The molecule has 0 unspecified atom stereocenters. The summed E-state index contributed by atoms with van der Waals surface area (Å²) in [4.78, 5) is 2.42. The zero-order chi connectivity index (χ0) is 9.26. The smallest absolute Gasteiger partial charge is 0.119 e. The molecule has 0 radical (unpaired) electrons. The van der Waals surface area contributed by atoms with E-state index in [0.717, 1.165) is 25.4 Å². The number of nitrogens with zero attached hydrogens (tertiary/aromatic N) is 1. The van der Waals surface area contributed by atoms with Gasteiger partial charge < -0.3 is 4.74 Å². The number of hydrogen-bond acceptors (Lipinski definition) is 2. The maximum Gasteiger partial charge on any atom is 0.119 e. The Kier molecular flexibility index (Phi) is 2.23. The summed E-state index contributed by atoms with van der Waals surface area (Å²) in [6.45, 7) is 5.49. The molecule has 1 aromatic carbocycles. The summed E-state index contributed by atoms with van der Waals surface area (Å²) in [5.41, 5.74) is 2.86. The first-order valence-electron chi connectivity index (χ1n) is 4.71. The van der Waals surface area contributed by atoms with E-state index in [1.807, 2.05) is 6.07 Å². The first-order chi connectivity index (χ1) is 6.33. The number of benzene rings is 1. The van der Waals surface area contributed by atoms with Gasteiger partial charge in [-0.05, 0) is 29.8 Å². The molecule has 0 aliphatic carbocycles. The average Bonchev–Trinajstić information content (AvgIpc) is 2.58. The molecule has 1 aliphatic rings. The highest BCUT2D eigenvalue weighted by molar-refractivity contribution is 5.37. The highest BCUT2D eigenvalue weighted by Gasteiger charge is 2.17. The Balaban J connectivity index is 2.25. The Morgan fingerprint density at radius 2 is 2.08 bits per heavy atom. The fourth-order valence-electron chi connectivity index (χ4n) is 1.79. The molecule has 0 amide bonds. The topological polar surface area (TPSA) is 12.5 Å². The van der Waals surface area contributed by atoms with E-state index in [1.165, 1.54) is 11.1 Å². The van der Waals surface area contributed by atoms with Crippen LogP contribution in [0.5, 0.6) is 5.75 Å². The average molecular weight is 177 g/mol. The normalized spacial score (nSPS) is 15.8. The molecule has 70 valence electrons. The predicted molar refractivity (Wildman–Crippen MR) is 52.8 cm³/mol. The molecule has 13 heavy (non-hydrogen) atoms. The van der Waals surface area contributed by atoms with Crippen LogP contribution in [0.3, 0.4) is 0 Å². The first kappa shape index (κ1) is 8.57. The lowest BCUT2D eigenvalue weighted by Crippen LogP contribution is -2.14. The number of hydrogen-bond donors (Lipinski definition) is 0. The van der Waals surface area contributed by atoms with E-state index in [1.54, 1.807) is 7.11 Å². The van der Waals surface area contributed by atoms with Gasteiger partial charge in [0.25, 0.3) is 0 Å². The fraction of sp³-hybridized carbons (Fsp3) is 0.455. The van der Waals surface area contributed by atoms with Gasteiger partial charge in [0.15, 0.2) is 0 Å². The highest BCUT2D eigenvalue weighted by atomic mass is 16.5. The molecule has 2 rings (SSSR count). The molecule has 0 atom stereocenters. The zero-order valence-electron chi connectivity index (χ0n) is 8.21. The van der Waals surface area contributed by atoms with Gasteiger partial charge >= 0.3 is 0 Å². The van der Waals surface area contributed by atoms with E-state index in [-0.39, 0.29) is 0 Å². The number of ether oxygens (including phenoxy) is 1. The standard InChI is InChI=1S/C11H15NO/c1-3-12-7-9-4-5-11(13-2)6-10(9)8-12/h4-6H,3,7-8H2,1-2H3. The summed E-state index contributed by atoms with van der Waals surface area (Å²) >= 11 is 0.